The summed E-state index contributed by atoms with van der Waals surface area (Å²) in [5.41, 5.74) is 3.89. The second-order valence-corrected chi connectivity index (χ2v) is 6.03. The largest absolute Gasteiger partial charge is 0.489 e. The number of fused-ring (bicyclic) bond motifs is 3. The van der Waals surface area contributed by atoms with Crippen LogP contribution in [0.4, 0.5) is 0 Å². The van der Waals surface area contributed by atoms with Gasteiger partial charge in [-0.25, -0.2) is 0 Å². The van der Waals surface area contributed by atoms with Crippen LogP contribution in [0.15, 0.2) is 48.5 Å². The van der Waals surface area contributed by atoms with E-state index in [0.29, 0.717) is 12.6 Å². The minimum Gasteiger partial charge on any atom is -0.489 e. The first-order chi connectivity index (χ1) is 10.9. The van der Waals surface area contributed by atoms with Gasteiger partial charge >= 0.3 is 0 Å². The molecule has 0 aromatic heterocycles. The molecule has 3 heteroatoms. The zero-order valence-electron chi connectivity index (χ0n) is 12.6. The standard InChI is InChI=1S/C19H21NO2/c1-2-4-14(5-3-1)13-22-16-8-6-15-7-9-18-19(17(15)12-16)21-11-10-20-18/h1-6,8,12,18-20H,7,9-11,13H2/t18-,19-/m1/s1. The summed E-state index contributed by atoms with van der Waals surface area (Å²) in [4.78, 5) is 0. The number of morpholine rings is 1. The average molecular weight is 295 g/mol. The minimum absolute atomic E-state index is 0.178. The van der Waals surface area contributed by atoms with Crippen molar-refractivity contribution >= 4 is 0 Å². The van der Waals surface area contributed by atoms with Crippen molar-refractivity contribution in [3.8, 4) is 5.75 Å². The first kappa shape index (κ1) is 13.8. The Kier molecular flexibility index (Phi) is 3.83. The Bertz CT molecular complexity index is 641. The van der Waals surface area contributed by atoms with Crippen molar-refractivity contribution in [2.45, 2.75) is 31.6 Å². The summed E-state index contributed by atoms with van der Waals surface area (Å²) in [6.45, 7) is 2.35. The molecule has 1 aliphatic heterocycles. The third kappa shape index (κ3) is 2.74. The summed E-state index contributed by atoms with van der Waals surface area (Å²) in [7, 11) is 0. The van der Waals surface area contributed by atoms with Crippen LogP contribution in [-0.2, 0) is 17.8 Å². The fourth-order valence-electron chi connectivity index (χ4n) is 3.42. The SMILES string of the molecule is c1ccc(COc2ccc3c(c2)[C@H]2OCCN[C@@H]2CC3)cc1. The molecule has 1 saturated heterocycles. The average Bonchev–Trinajstić information content (AvgIpc) is 2.60. The van der Waals surface area contributed by atoms with Gasteiger partial charge in [0.1, 0.15) is 12.4 Å². The Balaban J connectivity index is 1.53. The van der Waals surface area contributed by atoms with E-state index in [1.54, 1.807) is 0 Å². The molecule has 1 heterocycles. The highest BCUT2D eigenvalue weighted by Gasteiger charge is 2.32. The molecule has 114 valence electrons. The van der Waals surface area contributed by atoms with Crippen LogP contribution in [0.25, 0.3) is 0 Å². The lowest BCUT2D eigenvalue weighted by Crippen LogP contribution is -2.45. The van der Waals surface area contributed by atoms with Gasteiger partial charge in [-0.3, -0.25) is 0 Å². The van der Waals surface area contributed by atoms with Crippen LogP contribution in [0.3, 0.4) is 0 Å². The highest BCUT2D eigenvalue weighted by molar-refractivity contribution is 5.40. The highest BCUT2D eigenvalue weighted by atomic mass is 16.5. The molecule has 2 aromatic carbocycles. The molecular weight excluding hydrogens is 274 g/mol. The lowest BCUT2D eigenvalue weighted by atomic mass is 9.85. The Morgan fingerprint density at radius 2 is 2.05 bits per heavy atom. The second kappa shape index (κ2) is 6.11. The lowest BCUT2D eigenvalue weighted by molar-refractivity contribution is -0.0128. The smallest absolute Gasteiger partial charge is 0.120 e. The van der Waals surface area contributed by atoms with Gasteiger partial charge in [-0.1, -0.05) is 36.4 Å². The predicted molar refractivity (Wildman–Crippen MR) is 86.0 cm³/mol. The second-order valence-electron chi connectivity index (χ2n) is 6.03. The van der Waals surface area contributed by atoms with Gasteiger partial charge < -0.3 is 14.8 Å². The van der Waals surface area contributed by atoms with E-state index < -0.39 is 0 Å². The summed E-state index contributed by atoms with van der Waals surface area (Å²) >= 11 is 0. The van der Waals surface area contributed by atoms with Crippen LogP contribution >= 0.6 is 0 Å². The zero-order chi connectivity index (χ0) is 14.8. The Labute approximate surface area is 131 Å². The fourth-order valence-corrected chi connectivity index (χ4v) is 3.42. The number of benzene rings is 2. The van der Waals surface area contributed by atoms with Crippen molar-refractivity contribution in [1.29, 1.82) is 0 Å². The van der Waals surface area contributed by atoms with Gasteiger partial charge in [-0.05, 0) is 41.7 Å². The molecule has 0 radical (unpaired) electrons. The van der Waals surface area contributed by atoms with E-state index in [1.165, 1.54) is 16.7 Å². The van der Waals surface area contributed by atoms with Gasteiger partial charge in [-0.15, -0.1) is 0 Å². The van der Waals surface area contributed by atoms with Gasteiger partial charge in [-0.2, -0.15) is 0 Å². The first-order valence-electron chi connectivity index (χ1n) is 8.05. The van der Waals surface area contributed by atoms with Crippen molar-refractivity contribution in [2.75, 3.05) is 13.2 Å². The summed E-state index contributed by atoms with van der Waals surface area (Å²) in [6.07, 6.45) is 2.45. The van der Waals surface area contributed by atoms with Crippen molar-refractivity contribution < 1.29 is 9.47 Å². The van der Waals surface area contributed by atoms with Crippen LogP contribution in [0, 0.1) is 0 Å². The molecule has 4 rings (SSSR count). The predicted octanol–water partition coefficient (Wildman–Crippen LogP) is 3.24. The van der Waals surface area contributed by atoms with Gasteiger partial charge in [0.2, 0.25) is 0 Å². The zero-order valence-corrected chi connectivity index (χ0v) is 12.6. The highest BCUT2D eigenvalue weighted by Crippen LogP contribution is 2.36. The third-order valence-electron chi connectivity index (χ3n) is 4.57. The lowest BCUT2D eigenvalue weighted by Gasteiger charge is -2.37. The summed E-state index contributed by atoms with van der Waals surface area (Å²) in [5.74, 6) is 0.928. The third-order valence-corrected chi connectivity index (χ3v) is 4.57. The molecule has 0 amide bonds. The molecule has 0 saturated carbocycles. The summed E-state index contributed by atoms with van der Waals surface area (Å²) < 4.78 is 12.0. The summed E-state index contributed by atoms with van der Waals surface area (Å²) in [6, 6.07) is 17.2. The monoisotopic (exact) mass is 295 g/mol. The molecule has 0 unspecified atom stereocenters. The van der Waals surface area contributed by atoms with Crippen LogP contribution in [0.1, 0.15) is 29.2 Å². The molecule has 1 N–H and O–H groups in total. The molecule has 0 bridgehead atoms. The molecule has 1 fully saturated rings. The maximum Gasteiger partial charge on any atom is 0.120 e. The Morgan fingerprint density at radius 3 is 2.95 bits per heavy atom. The topological polar surface area (TPSA) is 30.5 Å². The maximum atomic E-state index is 6.01. The number of ether oxygens (including phenoxy) is 2. The van der Waals surface area contributed by atoms with Crippen molar-refractivity contribution in [3.05, 3.63) is 65.2 Å². The number of rotatable bonds is 3. The first-order valence-corrected chi connectivity index (χ1v) is 8.05. The van der Waals surface area contributed by atoms with Gasteiger partial charge in [0.05, 0.1) is 12.7 Å². The van der Waals surface area contributed by atoms with Crippen molar-refractivity contribution in [3.63, 3.8) is 0 Å². The molecule has 2 atom stereocenters. The normalized spacial score (nSPS) is 23.5. The maximum absolute atomic E-state index is 6.01. The van der Waals surface area contributed by atoms with Crippen LogP contribution < -0.4 is 10.1 Å². The van der Waals surface area contributed by atoms with E-state index in [4.69, 9.17) is 9.47 Å². The molecule has 0 spiro atoms. The molecule has 2 aromatic rings. The minimum atomic E-state index is 0.178. The molecule has 22 heavy (non-hydrogen) atoms. The van der Waals surface area contributed by atoms with E-state index in [1.807, 2.05) is 18.2 Å². The van der Waals surface area contributed by atoms with E-state index in [2.05, 4.69) is 35.6 Å². The van der Waals surface area contributed by atoms with E-state index in [9.17, 15) is 0 Å². The van der Waals surface area contributed by atoms with Gasteiger partial charge in [0, 0.05) is 12.6 Å². The van der Waals surface area contributed by atoms with E-state index in [0.717, 1.165) is 31.7 Å². The van der Waals surface area contributed by atoms with Crippen LogP contribution in [-0.4, -0.2) is 19.2 Å². The number of nitrogens with one attached hydrogen (secondary N) is 1. The Hall–Kier alpha value is -1.84. The van der Waals surface area contributed by atoms with Crippen molar-refractivity contribution in [2.24, 2.45) is 0 Å². The van der Waals surface area contributed by atoms with Gasteiger partial charge in [0.25, 0.3) is 0 Å². The molecular formula is C19H21NO2. The van der Waals surface area contributed by atoms with Crippen molar-refractivity contribution in [1.82, 2.24) is 5.32 Å². The van der Waals surface area contributed by atoms with Gasteiger partial charge in [0.15, 0.2) is 0 Å². The van der Waals surface area contributed by atoms with E-state index >= 15 is 0 Å². The quantitative estimate of drug-likeness (QED) is 0.943. The Morgan fingerprint density at radius 1 is 1.14 bits per heavy atom. The number of aryl methyl sites for hydroxylation is 1. The van der Waals surface area contributed by atoms with Crippen LogP contribution in [0.5, 0.6) is 5.75 Å². The molecule has 1 aliphatic carbocycles. The van der Waals surface area contributed by atoms with E-state index in [-0.39, 0.29) is 6.10 Å². The number of hydrogen-bond donors (Lipinski definition) is 1. The summed E-state index contributed by atoms with van der Waals surface area (Å²) in [5, 5.41) is 3.57. The molecule has 2 aliphatic rings. The van der Waals surface area contributed by atoms with Crippen LogP contribution in [0.2, 0.25) is 0 Å². The fraction of sp³-hybridized carbons (Fsp3) is 0.368. The molecule has 3 nitrogen and oxygen atoms in total. The number of hydrogen-bond acceptors (Lipinski definition) is 3.